The first-order valence-electron chi connectivity index (χ1n) is 9.92. The molecule has 0 fully saturated rings. The van der Waals surface area contributed by atoms with Crippen molar-refractivity contribution in [2.45, 2.75) is 17.9 Å². The van der Waals surface area contributed by atoms with Crippen LogP contribution < -0.4 is 9.47 Å². The van der Waals surface area contributed by atoms with Crippen LogP contribution in [0.3, 0.4) is 0 Å². The molecule has 0 saturated carbocycles. The summed E-state index contributed by atoms with van der Waals surface area (Å²) in [5, 5.41) is 30.9. The lowest BCUT2D eigenvalue weighted by atomic mass is 9.80. The van der Waals surface area contributed by atoms with Gasteiger partial charge in [-0.25, -0.2) is 4.79 Å². The number of aliphatic hydroxyl groups is 1. The van der Waals surface area contributed by atoms with E-state index in [2.05, 4.69) is 0 Å². The Kier molecular flexibility index (Phi) is 4.45. The van der Waals surface area contributed by atoms with Crippen LogP contribution in [-0.2, 0) is 11.2 Å². The lowest BCUT2D eigenvalue weighted by Gasteiger charge is -2.36. The van der Waals surface area contributed by atoms with Crippen LogP contribution in [0.4, 0.5) is 0 Å². The Hall–Kier alpha value is -3.77. The van der Waals surface area contributed by atoms with Gasteiger partial charge in [-0.05, 0) is 41.0 Å². The van der Waals surface area contributed by atoms with Crippen LogP contribution >= 0.6 is 0 Å². The predicted molar refractivity (Wildman–Crippen MR) is 113 cm³/mol. The average molecular weight is 416 g/mol. The van der Waals surface area contributed by atoms with Crippen molar-refractivity contribution in [1.82, 2.24) is 0 Å². The largest absolute Gasteiger partial charge is 0.504 e. The third kappa shape index (κ3) is 3.41. The van der Waals surface area contributed by atoms with Gasteiger partial charge in [-0.15, -0.1) is 0 Å². The van der Waals surface area contributed by atoms with E-state index >= 15 is 0 Å². The van der Waals surface area contributed by atoms with Gasteiger partial charge in [0, 0.05) is 30.0 Å². The Balaban J connectivity index is 1.41. The summed E-state index contributed by atoms with van der Waals surface area (Å²) in [6, 6.07) is 17.4. The number of esters is 1. The number of hydrogen-bond acceptors (Lipinski definition) is 6. The van der Waals surface area contributed by atoms with Gasteiger partial charge in [-0.1, -0.05) is 36.4 Å². The number of benzene rings is 3. The van der Waals surface area contributed by atoms with Crippen LogP contribution in [0, 0.1) is 0 Å². The molecule has 0 bridgehead atoms. The second-order valence-corrected chi connectivity index (χ2v) is 7.91. The fraction of sp³-hybridized carbons (Fsp3) is 0.160. The van der Waals surface area contributed by atoms with E-state index in [1.54, 1.807) is 24.3 Å². The summed E-state index contributed by atoms with van der Waals surface area (Å²) >= 11 is 0. The first-order valence-corrected chi connectivity index (χ1v) is 9.92. The molecule has 6 nitrogen and oxygen atoms in total. The van der Waals surface area contributed by atoms with Gasteiger partial charge in [0.05, 0.1) is 0 Å². The lowest BCUT2D eigenvalue weighted by Crippen LogP contribution is -2.43. The smallest absolute Gasteiger partial charge is 0.336 e. The van der Waals surface area contributed by atoms with E-state index in [0.29, 0.717) is 17.9 Å². The Morgan fingerprint density at radius 3 is 2.61 bits per heavy atom. The van der Waals surface area contributed by atoms with Crippen molar-refractivity contribution in [3.8, 4) is 23.0 Å². The molecule has 1 heterocycles. The van der Waals surface area contributed by atoms with Crippen molar-refractivity contribution in [3.63, 3.8) is 0 Å². The predicted octanol–water partition coefficient (Wildman–Crippen LogP) is 3.53. The molecule has 1 aliphatic heterocycles. The summed E-state index contributed by atoms with van der Waals surface area (Å²) in [5.74, 6) is -0.533. The minimum absolute atomic E-state index is 0.0478. The van der Waals surface area contributed by atoms with E-state index in [1.165, 1.54) is 18.2 Å². The summed E-state index contributed by atoms with van der Waals surface area (Å²) < 4.78 is 11.2. The fourth-order valence-corrected chi connectivity index (χ4v) is 4.39. The first-order chi connectivity index (χ1) is 14.9. The second kappa shape index (κ2) is 7.18. The number of hydrogen-bond donors (Lipinski definition) is 3. The van der Waals surface area contributed by atoms with Gasteiger partial charge in [-0.2, -0.15) is 0 Å². The summed E-state index contributed by atoms with van der Waals surface area (Å²) in [7, 11) is 0. The third-order valence-corrected chi connectivity index (χ3v) is 5.78. The van der Waals surface area contributed by atoms with E-state index in [9.17, 15) is 20.1 Å². The van der Waals surface area contributed by atoms with Gasteiger partial charge < -0.3 is 24.8 Å². The number of aromatic hydroxyl groups is 2. The summed E-state index contributed by atoms with van der Waals surface area (Å²) in [6.07, 6.45) is 3.34. The lowest BCUT2D eigenvalue weighted by molar-refractivity contribution is -0.128. The molecule has 2 atom stereocenters. The van der Waals surface area contributed by atoms with Crippen molar-refractivity contribution < 1.29 is 29.6 Å². The molecule has 0 saturated heterocycles. The molecule has 3 aromatic rings. The number of fused-ring (bicyclic) bond motifs is 5. The number of carbonyl (C=O) groups excluding carboxylic acids is 1. The Morgan fingerprint density at radius 1 is 1.03 bits per heavy atom. The van der Waals surface area contributed by atoms with Gasteiger partial charge >= 0.3 is 5.97 Å². The van der Waals surface area contributed by atoms with E-state index in [-0.39, 0.29) is 18.1 Å². The quantitative estimate of drug-likeness (QED) is 0.262. The van der Waals surface area contributed by atoms with Crippen LogP contribution in [0.15, 0.2) is 66.7 Å². The maximum absolute atomic E-state index is 12.2. The highest BCUT2D eigenvalue weighted by molar-refractivity contribution is 5.88. The maximum atomic E-state index is 12.2. The van der Waals surface area contributed by atoms with Crippen LogP contribution in [-0.4, -0.2) is 33.5 Å². The highest BCUT2D eigenvalue weighted by Crippen LogP contribution is 2.53. The molecule has 6 heteroatoms. The van der Waals surface area contributed by atoms with Crippen LogP contribution in [0.25, 0.3) is 6.08 Å². The molecular weight excluding hydrogens is 396 g/mol. The molecular formula is C25H20O6. The van der Waals surface area contributed by atoms with Crippen molar-refractivity contribution in [3.05, 3.63) is 89.0 Å². The van der Waals surface area contributed by atoms with E-state index in [0.717, 1.165) is 22.3 Å². The molecule has 3 N–H and O–H groups in total. The minimum atomic E-state index is -1.17. The summed E-state index contributed by atoms with van der Waals surface area (Å²) in [4.78, 5) is 12.2. The molecule has 0 spiro atoms. The summed E-state index contributed by atoms with van der Waals surface area (Å²) in [5.41, 5.74) is 1.96. The molecule has 3 aromatic carbocycles. The SMILES string of the molecule is O=C(/C=C/c1ccccc1)Oc1ccc2c(c1)OC[C@]1(O)Cc3cc(O)c(O)cc3[C@H]21. The highest BCUT2D eigenvalue weighted by Gasteiger charge is 2.50. The van der Waals surface area contributed by atoms with E-state index in [4.69, 9.17) is 9.47 Å². The zero-order chi connectivity index (χ0) is 21.6. The molecule has 2 aliphatic rings. The Labute approximate surface area is 178 Å². The average Bonchev–Trinajstić information content (AvgIpc) is 3.05. The number of ether oxygens (including phenoxy) is 2. The molecule has 156 valence electrons. The number of phenols is 2. The standard InChI is InChI=1S/C25H20O6/c26-20-10-16-13-25(29)14-30-22-11-17(7-8-18(22)24(25)19(16)12-21(20)27)31-23(28)9-6-15-4-2-1-3-5-15/h1-12,24,26-27,29H,13-14H2/b9-6+/t24-,25+/m0/s1. The second-order valence-electron chi connectivity index (χ2n) is 7.91. The highest BCUT2D eigenvalue weighted by atomic mass is 16.5. The van der Waals surface area contributed by atoms with Gasteiger partial charge in [0.25, 0.3) is 0 Å². The van der Waals surface area contributed by atoms with Crippen LogP contribution in [0.2, 0.25) is 0 Å². The molecule has 0 unspecified atom stereocenters. The monoisotopic (exact) mass is 416 g/mol. The van der Waals surface area contributed by atoms with Gasteiger partial charge in [0.1, 0.15) is 23.7 Å². The van der Waals surface area contributed by atoms with Crippen LogP contribution in [0.5, 0.6) is 23.0 Å². The topological polar surface area (TPSA) is 96.2 Å². The van der Waals surface area contributed by atoms with Crippen molar-refractivity contribution in [2.24, 2.45) is 0 Å². The molecule has 0 aromatic heterocycles. The Morgan fingerprint density at radius 2 is 1.81 bits per heavy atom. The molecule has 31 heavy (non-hydrogen) atoms. The molecule has 5 rings (SSSR count). The van der Waals surface area contributed by atoms with Gasteiger partial charge in [0.15, 0.2) is 11.5 Å². The van der Waals surface area contributed by atoms with Gasteiger partial charge in [-0.3, -0.25) is 0 Å². The van der Waals surface area contributed by atoms with E-state index < -0.39 is 17.5 Å². The fourth-order valence-electron chi connectivity index (χ4n) is 4.39. The third-order valence-electron chi connectivity index (χ3n) is 5.78. The number of phenolic OH excluding ortho intramolecular Hbond substituents is 2. The number of carbonyl (C=O) groups is 1. The normalized spacial score (nSPS) is 21.1. The molecule has 1 aliphatic carbocycles. The van der Waals surface area contributed by atoms with Crippen molar-refractivity contribution in [2.75, 3.05) is 6.61 Å². The molecule has 0 amide bonds. The summed E-state index contributed by atoms with van der Waals surface area (Å²) in [6.45, 7) is 0.0478. The minimum Gasteiger partial charge on any atom is -0.504 e. The number of rotatable bonds is 3. The zero-order valence-corrected chi connectivity index (χ0v) is 16.5. The maximum Gasteiger partial charge on any atom is 0.336 e. The van der Waals surface area contributed by atoms with Crippen molar-refractivity contribution >= 4 is 12.0 Å². The zero-order valence-electron chi connectivity index (χ0n) is 16.5. The van der Waals surface area contributed by atoms with Crippen LogP contribution in [0.1, 0.15) is 28.2 Å². The van der Waals surface area contributed by atoms with E-state index in [1.807, 2.05) is 30.3 Å². The first kappa shape index (κ1) is 19.2. The molecule has 0 radical (unpaired) electrons. The Bertz CT molecular complexity index is 1200. The van der Waals surface area contributed by atoms with Gasteiger partial charge in [0.2, 0.25) is 0 Å². The van der Waals surface area contributed by atoms with Crippen molar-refractivity contribution in [1.29, 1.82) is 0 Å².